The third-order valence-corrected chi connectivity index (χ3v) is 5.37. The van der Waals surface area contributed by atoms with Crippen molar-refractivity contribution in [3.8, 4) is 6.07 Å². The van der Waals surface area contributed by atoms with Crippen molar-refractivity contribution in [3.05, 3.63) is 68.7 Å². The van der Waals surface area contributed by atoms with Gasteiger partial charge in [0.2, 0.25) is 11.4 Å². The molecule has 1 N–H and O–H groups in total. The molecule has 1 aliphatic rings. The van der Waals surface area contributed by atoms with Gasteiger partial charge in [-0.3, -0.25) is 19.1 Å². The summed E-state index contributed by atoms with van der Waals surface area (Å²) in [5.74, 6) is -3.35. The quantitative estimate of drug-likeness (QED) is 0.377. The number of carbonyl (C=O) groups excluding carboxylic acids is 2. The van der Waals surface area contributed by atoms with Crippen molar-refractivity contribution in [1.29, 1.82) is 5.26 Å². The van der Waals surface area contributed by atoms with Crippen LogP contribution in [0.25, 0.3) is 0 Å². The van der Waals surface area contributed by atoms with Gasteiger partial charge in [0.1, 0.15) is 18.8 Å². The number of hydrogen-bond acceptors (Lipinski definition) is 11. The fourth-order valence-corrected chi connectivity index (χ4v) is 4.14. The van der Waals surface area contributed by atoms with Crippen molar-refractivity contribution < 1.29 is 40.8 Å². The Bertz CT molecular complexity index is 1400. The van der Waals surface area contributed by atoms with E-state index in [4.69, 9.17) is 18.4 Å². The Morgan fingerprint density at radius 2 is 1.94 bits per heavy atom. The molecule has 0 saturated carbocycles. The number of esters is 2. The summed E-state index contributed by atoms with van der Waals surface area (Å²) in [4.78, 5) is 49.6. The van der Waals surface area contributed by atoms with Crippen LogP contribution in [0, 0.1) is 17.1 Å². The van der Waals surface area contributed by atoms with Crippen molar-refractivity contribution in [1.82, 2.24) is 9.55 Å². The number of hydrogen-bond donors (Lipinski definition) is 1. The van der Waals surface area contributed by atoms with Crippen LogP contribution < -0.4 is 11.2 Å². The summed E-state index contributed by atoms with van der Waals surface area (Å²) in [6.45, 7) is 0.115. The third-order valence-electron chi connectivity index (χ3n) is 4.79. The van der Waals surface area contributed by atoms with E-state index < -0.39 is 69.8 Å². The van der Waals surface area contributed by atoms with Crippen LogP contribution in [0.4, 0.5) is 4.39 Å². The molecule has 4 atom stereocenters. The number of halogens is 1. The number of rotatable bonds is 7. The lowest BCUT2D eigenvalue weighted by atomic mass is 9.93. The normalized spacial score (nSPS) is 23.9. The van der Waals surface area contributed by atoms with Crippen molar-refractivity contribution in [3.63, 3.8) is 0 Å². The standard InChI is InChI=1S/C20H18FN3O10S/c1-11(25)32-15-17(24-8-13(21)16(26)23-19(24)28)33-14(20(15,10-22)34-35(2,29)30)9-31-18(27)12-6-4-3-5-7-12/h3-8,14-15,17H,9H2,1-2H3,(H,23,26,28)/t14-,15+,17-,20-/m1/s1. The number of carbonyl (C=O) groups is 2. The molecule has 0 aliphatic carbocycles. The molecule has 0 radical (unpaired) electrons. The van der Waals surface area contributed by atoms with Crippen molar-refractivity contribution in [2.24, 2.45) is 0 Å². The van der Waals surface area contributed by atoms with E-state index in [0.29, 0.717) is 17.0 Å². The van der Waals surface area contributed by atoms with E-state index in [9.17, 15) is 37.2 Å². The second-order valence-corrected chi connectivity index (χ2v) is 8.92. The maximum Gasteiger partial charge on any atom is 0.338 e. The second-order valence-electron chi connectivity index (χ2n) is 7.35. The fraction of sp³-hybridized carbons (Fsp3) is 0.350. The minimum absolute atomic E-state index is 0.115. The smallest absolute Gasteiger partial charge is 0.338 e. The number of aromatic amines is 1. The van der Waals surface area contributed by atoms with Crippen LogP contribution >= 0.6 is 0 Å². The van der Waals surface area contributed by atoms with E-state index in [-0.39, 0.29) is 5.56 Å². The fourth-order valence-electron chi connectivity index (χ4n) is 3.40. The molecule has 35 heavy (non-hydrogen) atoms. The number of aromatic nitrogens is 2. The summed E-state index contributed by atoms with van der Waals surface area (Å²) in [6, 6.07) is 9.18. The first-order valence-corrected chi connectivity index (χ1v) is 11.6. The summed E-state index contributed by atoms with van der Waals surface area (Å²) in [5, 5.41) is 9.98. The Hall–Kier alpha value is -3.87. The highest BCUT2D eigenvalue weighted by molar-refractivity contribution is 7.86. The van der Waals surface area contributed by atoms with Gasteiger partial charge in [0.25, 0.3) is 15.7 Å². The van der Waals surface area contributed by atoms with E-state index in [1.54, 1.807) is 29.3 Å². The van der Waals surface area contributed by atoms with Crippen LogP contribution in [0.2, 0.25) is 0 Å². The van der Waals surface area contributed by atoms with Gasteiger partial charge in [0.05, 0.1) is 18.0 Å². The van der Waals surface area contributed by atoms with E-state index in [1.807, 2.05) is 0 Å². The zero-order chi connectivity index (χ0) is 26.0. The predicted octanol–water partition coefficient (Wildman–Crippen LogP) is -0.400. The number of benzene rings is 1. The van der Waals surface area contributed by atoms with Crippen molar-refractivity contribution in [2.45, 2.75) is 31.0 Å². The Labute approximate surface area is 196 Å². The van der Waals surface area contributed by atoms with Gasteiger partial charge in [0, 0.05) is 6.92 Å². The van der Waals surface area contributed by atoms with Gasteiger partial charge >= 0.3 is 17.6 Å². The molecule has 13 nitrogen and oxygen atoms in total. The molecule has 1 saturated heterocycles. The number of H-pyrrole nitrogens is 1. The van der Waals surface area contributed by atoms with Crippen LogP contribution in [0.3, 0.4) is 0 Å². The van der Waals surface area contributed by atoms with Gasteiger partial charge in [-0.1, -0.05) is 18.2 Å². The van der Waals surface area contributed by atoms with Gasteiger partial charge in [0.15, 0.2) is 12.3 Å². The highest BCUT2D eigenvalue weighted by Crippen LogP contribution is 2.42. The Kier molecular flexibility index (Phi) is 7.19. The maximum atomic E-state index is 14.0. The van der Waals surface area contributed by atoms with Crippen LogP contribution in [0.1, 0.15) is 23.5 Å². The Morgan fingerprint density at radius 3 is 2.51 bits per heavy atom. The van der Waals surface area contributed by atoms with Gasteiger partial charge in [-0.25, -0.2) is 13.8 Å². The lowest BCUT2D eigenvalue weighted by Gasteiger charge is -2.30. The predicted molar refractivity (Wildman–Crippen MR) is 112 cm³/mol. The minimum Gasteiger partial charge on any atom is -0.459 e. The van der Waals surface area contributed by atoms with E-state index in [2.05, 4.69) is 0 Å². The van der Waals surface area contributed by atoms with Crippen molar-refractivity contribution in [2.75, 3.05) is 12.9 Å². The molecule has 0 unspecified atom stereocenters. The van der Waals surface area contributed by atoms with Gasteiger partial charge < -0.3 is 14.2 Å². The van der Waals surface area contributed by atoms with Gasteiger partial charge in [-0.2, -0.15) is 18.1 Å². The molecule has 2 heterocycles. The summed E-state index contributed by atoms with van der Waals surface area (Å²) in [5.41, 5.74) is -5.15. The van der Waals surface area contributed by atoms with E-state index in [1.165, 1.54) is 12.1 Å². The van der Waals surface area contributed by atoms with Crippen LogP contribution in [0.5, 0.6) is 0 Å². The molecule has 186 valence electrons. The maximum absolute atomic E-state index is 14.0. The number of nitriles is 1. The number of ether oxygens (including phenoxy) is 3. The molecule has 1 fully saturated rings. The monoisotopic (exact) mass is 511 g/mol. The number of nitrogens with zero attached hydrogens (tertiary/aromatic N) is 2. The topological polar surface area (TPSA) is 184 Å². The first-order chi connectivity index (χ1) is 16.4. The molecular formula is C20H18FN3O10S. The average Bonchev–Trinajstić information content (AvgIpc) is 3.06. The molecule has 1 aromatic heterocycles. The minimum atomic E-state index is -4.45. The van der Waals surface area contributed by atoms with Gasteiger partial charge in [-0.05, 0) is 12.1 Å². The molecule has 0 bridgehead atoms. The molecule has 1 aromatic carbocycles. The zero-order valence-electron chi connectivity index (χ0n) is 18.2. The van der Waals surface area contributed by atoms with Crippen LogP contribution in [-0.4, -0.2) is 60.6 Å². The van der Waals surface area contributed by atoms with Crippen molar-refractivity contribution >= 4 is 22.1 Å². The first kappa shape index (κ1) is 25.7. The Balaban J connectivity index is 2.09. The van der Waals surface area contributed by atoms with Crippen LogP contribution in [-0.2, 0) is 33.3 Å². The average molecular weight is 511 g/mol. The highest BCUT2D eigenvalue weighted by Gasteiger charge is 2.64. The molecule has 0 spiro atoms. The molecule has 0 amide bonds. The Morgan fingerprint density at radius 1 is 1.29 bits per heavy atom. The first-order valence-electron chi connectivity index (χ1n) is 9.75. The molecule has 3 rings (SSSR count). The molecule has 2 aromatic rings. The molecular weight excluding hydrogens is 493 g/mol. The lowest BCUT2D eigenvalue weighted by molar-refractivity contribution is -0.158. The van der Waals surface area contributed by atoms with E-state index >= 15 is 0 Å². The third kappa shape index (κ3) is 5.45. The largest absolute Gasteiger partial charge is 0.459 e. The van der Waals surface area contributed by atoms with Crippen LogP contribution in [0.15, 0.2) is 46.1 Å². The zero-order valence-corrected chi connectivity index (χ0v) is 19.0. The lowest BCUT2D eigenvalue weighted by Crippen LogP contribution is -2.53. The summed E-state index contributed by atoms with van der Waals surface area (Å²) >= 11 is 0. The SMILES string of the molecule is CC(=O)O[C@H]1[C@H](n2cc(F)c(=O)[nH]c2=O)O[C@H](COC(=O)c2ccccc2)[C@@]1(C#N)OS(C)(=O)=O. The molecule has 1 aliphatic heterocycles. The van der Waals surface area contributed by atoms with E-state index in [0.717, 1.165) is 6.92 Å². The summed E-state index contributed by atoms with van der Waals surface area (Å²) in [7, 11) is -4.45. The highest BCUT2D eigenvalue weighted by atomic mass is 32.2. The van der Waals surface area contributed by atoms with Gasteiger partial charge in [-0.15, -0.1) is 0 Å². The summed E-state index contributed by atoms with van der Waals surface area (Å²) in [6.07, 6.45) is -4.58. The second kappa shape index (κ2) is 9.78. The number of nitrogens with one attached hydrogen (secondary N) is 1. The summed E-state index contributed by atoms with van der Waals surface area (Å²) < 4.78 is 59.3. The molecule has 15 heteroatoms.